The summed E-state index contributed by atoms with van der Waals surface area (Å²) in [6, 6.07) is 0. The molecule has 19 heavy (non-hydrogen) atoms. The number of rotatable bonds is 3. The van der Waals surface area contributed by atoms with Gasteiger partial charge in [0.1, 0.15) is 0 Å². The summed E-state index contributed by atoms with van der Waals surface area (Å²) in [5, 5.41) is 31.2. The molecule has 1 fully saturated rings. The van der Waals surface area contributed by atoms with E-state index in [1.54, 1.807) is 26.8 Å². The van der Waals surface area contributed by atoms with E-state index in [1.165, 1.54) is 0 Å². The monoisotopic (exact) mass is 272 g/mol. The van der Waals surface area contributed by atoms with Crippen molar-refractivity contribution >= 4 is 0 Å². The summed E-state index contributed by atoms with van der Waals surface area (Å²) in [6.07, 6.45) is 1.47. The summed E-state index contributed by atoms with van der Waals surface area (Å²) in [7, 11) is 0. The largest absolute Gasteiger partial charge is 0.396 e. The molecule has 0 bridgehead atoms. The van der Waals surface area contributed by atoms with Crippen molar-refractivity contribution in [1.29, 1.82) is 0 Å². The summed E-state index contributed by atoms with van der Waals surface area (Å²) >= 11 is 0. The van der Waals surface area contributed by atoms with Gasteiger partial charge in [0.15, 0.2) is 0 Å². The van der Waals surface area contributed by atoms with Crippen LogP contribution in [0.3, 0.4) is 0 Å². The number of hydrogen-bond acceptors (Lipinski definition) is 4. The number of ether oxygens (including phenoxy) is 1. The molecule has 1 rings (SSSR count). The molecule has 0 radical (unpaired) electrons. The lowest BCUT2D eigenvalue weighted by Gasteiger charge is -2.47. The number of aliphatic hydroxyl groups is 3. The zero-order chi connectivity index (χ0) is 15.1. The molecule has 0 saturated carbocycles. The summed E-state index contributed by atoms with van der Waals surface area (Å²) < 4.78 is 6.08. The van der Waals surface area contributed by atoms with Gasteiger partial charge in [0.25, 0.3) is 0 Å². The number of aliphatic hydroxyl groups excluding tert-OH is 2. The van der Waals surface area contributed by atoms with E-state index in [2.05, 4.69) is 6.58 Å². The summed E-state index contributed by atoms with van der Waals surface area (Å²) in [4.78, 5) is 0. The molecular weight excluding hydrogens is 244 g/mol. The SMILES string of the molecule is C=CCC1(C)OC(C)(C)CC(C)(O)C(C)(CO)C1O. The maximum atomic E-state index is 10.8. The van der Waals surface area contributed by atoms with Crippen LogP contribution in [0.4, 0.5) is 0 Å². The van der Waals surface area contributed by atoms with Crippen molar-refractivity contribution in [3.05, 3.63) is 12.7 Å². The first-order valence-corrected chi connectivity index (χ1v) is 6.76. The minimum absolute atomic E-state index is 0.312. The molecule has 1 aliphatic rings. The van der Waals surface area contributed by atoms with Gasteiger partial charge in [-0.2, -0.15) is 0 Å². The molecule has 0 aromatic rings. The van der Waals surface area contributed by atoms with Crippen LogP contribution in [0, 0.1) is 5.41 Å². The Morgan fingerprint density at radius 3 is 2.21 bits per heavy atom. The fourth-order valence-electron chi connectivity index (χ4n) is 3.42. The van der Waals surface area contributed by atoms with Gasteiger partial charge in [-0.25, -0.2) is 0 Å². The summed E-state index contributed by atoms with van der Waals surface area (Å²) in [6.45, 7) is 12.3. The van der Waals surface area contributed by atoms with E-state index in [4.69, 9.17) is 4.74 Å². The smallest absolute Gasteiger partial charge is 0.0960 e. The van der Waals surface area contributed by atoms with E-state index in [0.29, 0.717) is 12.8 Å². The molecule has 4 atom stereocenters. The van der Waals surface area contributed by atoms with Crippen molar-refractivity contribution in [3.8, 4) is 0 Å². The Labute approximate surface area is 116 Å². The summed E-state index contributed by atoms with van der Waals surface area (Å²) in [5.41, 5.74) is -3.78. The second-order valence-corrected chi connectivity index (χ2v) is 7.10. The van der Waals surface area contributed by atoms with Gasteiger partial charge in [0.05, 0.1) is 29.5 Å². The lowest BCUT2D eigenvalue weighted by molar-refractivity contribution is -0.198. The third kappa shape index (κ3) is 2.72. The predicted octanol–water partition coefficient (Wildman–Crippen LogP) is 1.63. The first-order valence-electron chi connectivity index (χ1n) is 6.76. The number of hydrogen-bond donors (Lipinski definition) is 3. The van der Waals surface area contributed by atoms with Crippen molar-refractivity contribution < 1.29 is 20.1 Å². The average Bonchev–Trinajstić information content (AvgIpc) is 2.26. The Bertz CT molecular complexity index is 350. The van der Waals surface area contributed by atoms with E-state index in [0.717, 1.165) is 0 Å². The third-order valence-electron chi connectivity index (χ3n) is 4.57. The summed E-state index contributed by atoms with van der Waals surface area (Å²) in [5.74, 6) is 0. The van der Waals surface area contributed by atoms with Gasteiger partial charge in [0.2, 0.25) is 0 Å². The first-order chi connectivity index (χ1) is 8.44. The van der Waals surface area contributed by atoms with E-state index in [1.807, 2.05) is 13.8 Å². The zero-order valence-electron chi connectivity index (χ0n) is 12.7. The molecule has 0 amide bonds. The van der Waals surface area contributed by atoms with Crippen LogP contribution in [0.25, 0.3) is 0 Å². The molecule has 0 aliphatic carbocycles. The maximum absolute atomic E-state index is 10.8. The minimum Gasteiger partial charge on any atom is -0.396 e. The predicted molar refractivity (Wildman–Crippen MR) is 74.8 cm³/mol. The van der Waals surface area contributed by atoms with Gasteiger partial charge >= 0.3 is 0 Å². The van der Waals surface area contributed by atoms with Crippen LogP contribution >= 0.6 is 0 Å². The lowest BCUT2D eigenvalue weighted by atomic mass is 9.64. The van der Waals surface area contributed by atoms with E-state index in [9.17, 15) is 15.3 Å². The fraction of sp³-hybridized carbons (Fsp3) is 0.867. The van der Waals surface area contributed by atoms with Gasteiger partial charge < -0.3 is 20.1 Å². The van der Waals surface area contributed by atoms with Crippen molar-refractivity contribution in [1.82, 2.24) is 0 Å². The highest BCUT2D eigenvalue weighted by Crippen LogP contribution is 2.49. The van der Waals surface area contributed by atoms with Crippen LogP contribution in [-0.4, -0.2) is 44.8 Å². The van der Waals surface area contributed by atoms with Gasteiger partial charge in [-0.3, -0.25) is 0 Å². The molecule has 1 aliphatic heterocycles. The molecule has 0 spiro atoms. The molecule has 1 heterocycles. The normalized spacial score (nSPS) is 46.6. The van der Waals surface area contributed by atoms with Crippen LogP contribution < -0.4 is 0 Å². The second-order valence-electron chi connectivity index (χ2n) is 7.10. The highest BCUT2D eigenvalue weighted by Gasteiger charge is 2.60. The molecular formula is C15H28O4. The second kappa shape index (κ2) is 4.85. The van der Waals surface area contributed by atoms with E-state index >= 15 is 0 Å². The van der Waals surface area contributed by atoms with Crippen LogP contribution in [0.5, 0.6) is 0 Å². The van der Waals surface area contributed by atoms with Crippen LogP contribution in [0.1, 0.15) is 47.5 Å². The maximum Gasteiger partial charge on any atom is 0.0960 e. The quantitative estimate of drug-likeness (QED) is 0.683. The lowest BCUT2D eigenvalue weighted by Crippen LogP contribution is -2.59. The highest BCUT2D eigenvalue weighted by atomic mass is 16.5. The topological polar surface area (TPSA) is 69.9 Å². The van der Waals surface area contributed by atoms with E-state index in [-0.39, 0.29) is 6.61 Å². The van der Waals surface area contributed by atoms with Crippen LogP contribution in [0.2, 0.25) is 0 Å². The average molecular weight is 272 g/mol. The Hall–Kier alpha value is -0.420. The Morgan fingerprint density at radius 1 is 1.26 bits per heavy atom. The molecule has 0 aromatic heterocycles. The highest BCUT2D eigenvalue weighted by molar-refractivity contribution is 5.10. The fourth-order valence-corrected chi connectivity index (χ4v) is 3.42. The molecule has 4 heteroatoms. The molecule has 3 N–H and O–H groups in total. The minimum atomic E-state index is -1.23. The molecule has 0 aromatic carbocycles. The Balaban J connectivity index is 3.38. The zero-order valence-corrected chi connectivity index (χ0v) is 12.7. The van der Waals surface area contributed by atoms with Gasteiger partial charge in [0, 0.05) is 11.8 Å². The van der Waals surface area contributed by atoms with Crippen molar-refractivity contribution in [2.75, 3.05) is 6.61 Å². The van der Waals surface area contributed by atoms with Crippen molar-refractivity contribution in [2.24, 2.45) is 5.41 Å². The van der Waals surface area contributed by atoms with E-state index < -0.39 is 28.3 Å². The van der Waals surface area contributed by atoms with Crippen molar-refractivity contribution in [3.63, 3.8) is 0 Å². The molecule has 4 unspecified atom stereocenters. The van der Waals surface area contributed by atoms with Gasteiger partial charge in [-0.15, -0.1) is 6.58 Å². The standard InChI is InChI=1S/C15H28O4/c1-7-8-14(5)11(17)13(4,10-16)15(6,18)9-12(2,3)19-14/h7,11,16-18H,1,8-10H2,2-6H3. The molecule has 112 valence electrons. The van der Waals surface area contributed by atoms with Crippen LogP contribution in [0.15, 0.2) is 12.7 Å². The van der Waals surface area contributed by atoms with Gasteiger partial charge in [-0.05, 0) is 34.1 Å². The Kier molecular flexibility index (Phi) is 4.24. The Morgan fingerprint density at radius 2 is 1.79 bits per heavy atom. The third-order valence-corrected chi connectivity index (χ3v) is 4.57. The molecule has 4 nitrogen and oxygen atoms in total. The van der Waals surface area contributed by atoms with Crippen LogP contribution in [-0.2, 0) is 4.74 Å². The van der Waals surface area contributed by atoms with Gasteiger partial charge in [-0.1, -0.05) is 13.0 Å². The first kappa shape index (κ1) is 16.6. The molecule has 1 saturated heterocycles. The van der Waals surface area contributed by atoms with Crippen molar-refractivity contribution in [2.45, 2.75) is 70.4 Å².